The number of hydrogen-bond donors (Lipinski definition) is 0. The number of rotatable bonds is 10. The van der Waals surface area contributed by atoms with Gasteiger partial charge in [-0.15, -0.1) is 0 Å². The van der Waals surface area contributed by atoms with Crippen LogP contribution in [0.5, 0.6) is 5.75 Å². The highest BCUT2D eigenvalue weighted by Crippen LogP contribution is 2.36. The lowest BCUT2D eigenvalue weighted by Gasteiger charge is -2.18. The first kappa shape index (κ1) is 26.7. The third-order valence-corrected chi connectivity index (χ3v) is 6.73. The summed E-state index contributed by atoms with van der Waals surface area (Å²) in [6.07, 6.45) is 1.59. The maximum absolute atomic E-state index is 12.5. The van der Waals surface area contributed by atoms with Gasteiger partial charge in [0.05, 0.1) is 18.9 Å². The number of aldehydes is 1. The molecule has 1 aliphatic rings. The van der Waals surface area contributed by atoms with Crippen LogP contribution in [-0.2, 0) is 16.0 Å². The summed E-state index contributed by atoms with van der Waals surface area (Å²) in [4.78, 5) is 30.2. The van der Waals surface area contributed by atoms with Gasteiger partial charge in [-0.3, -0.25) is 0 Å². The Morgan fingerprint density at radius 2 is 2.03 bits per heavy atom. The van der Waals surface area contributed by atoms with Crippen molar-refractivity contribution in [3.8, 4) is 17.2 Å². The zero-order valence-electron chi connectivity index (χ0n) is 21.5. The van der Waals surface area contributed by atoms with E-state index >= 15 is 0 Å². The first-order valence-corrected chi connectivity index (χ1v) is 13.0. The van der Waals surface area contributed by atoms with Crippen LogP contribution in [-0.4, -0.2) is 48.6 Å². The van der Waals surface area contributed by atoms with Gasteiger partial charge in [0.1, 0.15) is 17.8 Å². The zero-order chi connectivity index (χ0) is 26.4. The molecule has 0 aliphatic carbocycles. The molecular formula is C29H33ClN2O5. The lowest BCUT2D eigenvalue weighted by molar-refractivity contribution is -0.108. The summed E-state index contributed by atoms with van der Waals surface area (Å²) in [5, 5.41) is 0.631. The van der Waals surface area contributed by atoms with Crippen LogP contribution in [0.3, 0.4) is 0 Å². The Morgan fingerprint density at radius 1 is 1.22 bits per heavy atom. The van der Waals surface area contributed by atoms with E-state index in [0.717, 1.165) is 34.6 Å². The van der Waals surface area contributed by atoms with Crippen molar-refractivity contribution in [2.45, 2.75) is 39.5 Å². The van der Waals surface area contributed by atoms with Crippen LogP contribution >= 0.6 is 11.6 Å². The summed E-state index contributed by atoms with van der Waals surface area (Å²) in [6.45, 7) is 7.73. The molecule has 196 valence electrons. The second-order valence-corrected chi connectivity index (χ2v) is 10.3. The molecule has 2 atom stereocenters. The Hall–Kier alpha value is -3.32. The van der Waals surface area contributed by atoms with E-state index in [1.54, 1.807) is 4.90 Å². The van der Waals surface area contributed by atoms with Crippen molar-refractivity contribution >= 4 is 24.0 Å². The van der Waals surface area contributed by atoms with Crippen molar-refractivity contribution in [1.29, 1.82) is 0 Å². The highest BCUT2D eigenvalue weighted by atomic mass is 35.5. The minimum absolute atomic E-state index is 0.0402. The number of ether oxygens (including phenoxy) is 2. The van der Waals surface area contributed by atoms with Crippen molar-refractivity contribution in [1.82, 2.24) is 9.88 Å². The highest BCUT2D eigenvalue weighted by molar-refractivity contribution is 6.30. The third-order valence-electron chi connectivity index (χ3n) is 6.50. The van der Waals surface area contributed by atoms with Crippen LogP contribution in [0.4, 0.5) is 4.79 Å². The summed E-state index contributed by atoms with van der Waals surface area (Å²) in [7, 11) is 0. The molecule has 1 aliphatic heterocycles. The normalized spacial score (nSPS) is 17.3. The van der Waals surface area contributed by atoms with Crippen LogP contribution < -0.4 is 4.74 Å². The standard InChI is InChI=1S/C29H33ClN2O5/c1-19(2)18-36-29(34)32-16-23(10-12-33)26(17-32)21-6-5-9-25(15-21)35-13-11-27-20(3)37-28(31-27)22-7-4-8-24(30)14-22/h4-9,12,14-15,19,23,26H,10-11,13,16-18H2,1-3H3/t23-,26-/m1/s1. The van der Waals surface area contributed by atoms with E-state index in [1.807, 2.05) is 69.3 Å². The van der Waals surface area contributed by atoms with E-state index in [1.165, 1.54) is 0 Å². The minimum atomic E-state index is -0.320. The highest BCUT2D eigenvalue weighted by Gasteiger charge is 2.36. The van der Waals surface area contributed by atoms with Crippen LogP contribution in [0.15, 0.2) is 52.9 Å². The van der Waals surface area contributed by atoms with Gasteiger partial charge in [-0.25, -0.2) is 9.78 Å². The molecule has 8 heteroatoms. The van der Waals surface area contributed by atoms with Gasteiger partial charge in [0.15, 0.2) is 0 Å². The molecule has 2 aromatic carbocycles. The first-order chi connectivity index (χ1) is 17.8. The average Bonchev–Trinajstić information content (AvgIpc) is 3.47. The van der Waals surface area contributed by atoms with Gasteiger partial charge in [0, 0.05) is 42.4 Å². The van der Waals surface area contributed by atoms with Gasteiger partial charge in [-0.05, 0) is 54.7 Å². The predicted molar refractivity (Wildman–Crippen MR) is 142 cm³/mol. The van der Waals surface area contributed by atoms with Gasteiger partial charge in [-0.1, -0.05) is 43.6 Å². The minimum Gasteiger partial charge on any atom is -0.493 e. The smallest absolute Gasteiger partial charge is 0.409 e. The molecule has 0 N–H and O–H groups in total. The quantitative estimate of drug-likeness (QED) is 0.288. The van der Waals surface area contributed by atoms with Gasteiger partial charge in [0.25, 0.3) is 0 Å². The molecule has 1 aromatic heterocycles. The predicted octanol–water partition coefficient (Wildman–Crippen LogP) is 6.32. The molecule has 7 nitrogen and oxygen atoms in total. The summed E-state index contributed by atoms with van der Waals surface area (Å²) in [5.74, 6) is 2.38. The molecule has 1 amide bonds. The Balaban J connectivity index is 1.38. The van der Waals surface area contributed by atoms with Crippen LogP contribution in [0.1, 0.15) is 43.2 Å². The molecule has 4 rings (SSSR count). The monoisotopic (exact) mass is 524 g/mol. The number of carbonyl (C=O) groups excluding carboxylic acids is 2. The van der Waals surface area contributed by atoms with E-state index in [9.17, 15) is 9.59 Å². The van der Waals surface area contributed by atoms with Crippen molar-refractivity contribution in [2.75, 3.05) is 26.3 Å². The summed E-state index contributed by atoms with van der Waals surface area (Å²) in [6, 6.07) is 15.3. The number of aryl methyl sites for hydroxylation is 1. The Labute approximate surface area is 222 Å². The molecule has 1 saturated heterocycles. The summed E-state index contributed by atoms with van der Waals surface area (Å²) < 4.78 is 17.3. The van der Waals surface area contributed by atoms with Crippen LogP contribution in [0.25, 0.3) is 11.5 Å². The molecule has 1 fully saturated rings. The molecule has 2 heterocycles. The van der Waals surface area contributed by atoms with Crippen molar-refractivity contribution in [3.63, 3.8) is 0 Å². The molecule has 3 aromatic rings. The number of nitrogens with zero attached hydrogens (tertiary/aromatic N) is 2. The molecular weight excluding hydrogens is 492 g/mol. The summed E-state index contributed by atoms with van der Waals surface area (Å²) >= 11 is 6.10. The number of amides is 1. The lowest BCUT2D eigenvalue weighted by atomic mass is 9.87. The van der Waals surface area contributed by atoms with Gasteiger partial charge < -0.3 is 23.6 Å². The van der Waals surface area contributed by atoms with Crippen LogP contribution in [0.2, 0.25) is 5.02 Å². The number of oxazole rings is 1. The second-order valence-electron chi connectivity index (χ2n) is 9.85. The van der Waals surface area contributed by atoms with Crippen LogP contribution in [0, 0.1) is 18.8 Å². The molecule has 37 heavy (non-hydrogen) atoms. The topological polar surface area (TPSA) is 81.9 Å². The zero-order valence-corrected chi connectivity index (χ0v) is 22.2. The van der Waals surface area contributed by atoms with E-state index in [2.05, 4.69) is 4.98 Å². The van der Waals surface area contributed by atoms with Gasteiger partial charge >= 0.3 is 6.09 Å². The fourth-order valence-electron chi connectivity index (χ4n) is 4.60. The fourth-order valence-corrected chi connectivity index (χ4v) is 4.79. The number of hydrogen-bond acceptors (Lipinski definition) is 6. The number of carbonyl (C=O) groups is 2. The van der Waals surface area contributed by atoms with E-state index in [0.29, 0.717) is 50.1 Å². The Bertz CT molecular complexity index is 1220. The van der Waals surface area contributed by atoms with Gasteiger partial charge in [-0.2, -0.15) is 0 Å². The number of likely N-dealkylation sites (tertiary alicyclic amines) is 1. The first-order valence-electron chi connectivity index (χ1n) is 12.6. The molecule has 0 spiro atoms. The SMILES string of the molecule is Cc1oc(-c2cccc(Cl)c2)nc1CCOc1cccc([C@H]2CN(C(=O)OCC(C)C)C[C@H]2CC=O)c1. The van der Waals surface area contributed by atoms with Crippen molar-refractivity contribution < 1.29 is 23.5 Å². The lowest BCUT2D eigenvalue weighted by Crippen LogP contribution is -2.30. The average molecular weight is 525 g/mol. The number of aromatic nitrogens is 1. The summed E-state index contributed by atoms with van der Waals surface area (Å²) in [5.41, 5.74) is 2.71. The fraction of sp³-hybridized carbons (Fsp3) is 0.414. The molecule has 0 saturated carbocycles. The van der Waals surface area contributed by atoms with E-state index in [-0.39, 0.29) is 23.8 Å². The van der Waals surface area contributed by atoms with Gasteiger partial charge in [0.2, 0.25) is 5.89 Å². The molecule has 0 radical (unpaired) electrons. The van der Waals surface area contributed by atoms with Crippen molar-refractivity contribution in [2.24, 2.45) is 11.8 Å². The van der Waals surface area contributed by atoms with E-state index in [4.69, 9.17) is 25.5 Å². The molecule has 0 bridgehead atoms. The maximum atomic E-state index is 12.5. The third kappa shape index (κ3) is 6.92. The number of benzene rings is 2. The van der Waals surface area contributed by atoms with Crippen molar-refractivity contribution in [3.05, 3.63) is 70.6 Å². The molecule has 0 unspecified atom stereocenters. The van der Waals surface area contributed by atoms with E-state index < -0.39 is 0 Å². The Kier molecular flexibility index (Phi) is 8.87. The maximum Gasteiger partial charge on any atom is 0.409 e. The Morgan fingerprint density at radius 3 is 2.78 bits per heavy atom. The number of halogens is 1. The largest absolute Gasteiger partial charge is 0.493 e. The second kappa shape index (κ2) is 12.3.